The van der Waals surface area contributed by atoms with Crippen LogP contribution in [0.3, 0.4) is 0 Å². The molecule has 1 aromatic heterocycles. The molecular formula is C10H17N3O2S. The van der Waals surface area contributed by atoms with E-state index in [1.807, 2.05) is 20.8 Å². The van der Waals surface area contributed by atoms with Gasteiger partial charge in [0.05, 0.1) is 7.11 Å². The van der Waals surface area contributed by atoms with Crippen LogP contribution in [0.1, 0.15) is 32.5 Å². The second kappa shape index (κ2) is 5.25. The maximum absolute atomic E-state index is 11.7. The Morgan fingerprint density at radius 3 is 2.75 bits per heavy atom. The van der Waals surface area contributed by atoms with Gasteiger partial charge in [-0.05, 0) is 20.3 Å². The number of hydrogen-bond acceptors (Lipinski definition) is 6. The predicted molar refractivity (Wildman–Crippen MR) is 63.6 cm³/mol. The van der Waals surface area contributed by atoms with Crippen molar-refractivity contribution in [3.05, 3.63) is 5.82 Å². The van der Waals surface area contributed by atoms with Crippen LogP contribution in [0.5, 0.6) is 0 Å². The Labute approximate surface area is 99.4 Å². The van der Waals surface area contributed by atoms with E-state index in [1.165, 1.54) is 18.6 Å². The lowest BCUT2D eigenvalue weighted by Gasteiger charge is -2.26. The molecule has 0 amide bonds. The van der Waals surface area contributed by atoms with Gasteiger partial charge >= 0.3 is 5.97 Å². The Kier molecular flexibility index (Phi) is 4.23. The standard InChI is InChI=1S/C10H17N3O2S/c1-5-6-10(3,8(14)15-4)12-9-11-7(2)13-16-9/h5-6H2,1-4H3,(H,11,12,13). The van der Waals surface area contributed by atoms with Crippen LogP contribution in [0.25, 0.3) is 0 Å². The highest BCUT2D eigenvalue weighted by Crippen LogP contribution is 2.22. The van der Waals surface area contributed by atoms with E-state index in [1.54, 1.807) is 0 Å². The summed E-state index contributed by atoms with van der Waals surface area (Å²) in [6, 6.07) is 0. The monoisotopic (exact) mass is 243 g/mol. The van der Waals surface area contributed by atoms with Crippen molar-refractivity contribution in [2.75, 3.05) is 12.4 Å². The number of carbonyl (C=O) groups is 1. The van der Waals surface area contributed by atoms with Gasteiger partial charge in [-0.25, -0.2) is 9.78 Å². The van der Waals surface area contributed by atoms with E-state index in [0.717, 1.165) is 6.42 Å². The molecule has 1 atom stereocenters. The molecule has 0 aromatic carbocycles. The Hall–Kier alpha value is -1.17. The van der Waals surface area contributed by atoms with Gasteiger partial charge in [-0.2, -0.15) is 4.37 Å². The molecule has 0 saturated heterocycles. The first-order valence-corrected chi connectivity index (χ1v) is 5.96. The van der Waals surface area contributed by atoms with Crippen LogP contribution in [-0.2, 0) is 9.53 Å². The van der Waals surface area contributed by atoms with Gasteiger partial charge in [-0.3, -0.25) is 0 Å². The highest BCUT2D eigenvalue weighted by Gasteiger charge is 2.34. The van der Waals surface area contributed by atoms with Crippen LogP contribution in [0.15, 0.2) is 0 Å². The van der Waals surface area contributed by atoms with Crippen LogP contribution in [0, 0.1) is 6.92 Å². The predicted octanol–water partition coefficient (Wildman–Crippen LogP) is 1.99. The van der Waals surface area contributed by atoms with Crippen molar-refractivity contribution in [1.82, 2.24) is 9.36 Å². The minimum Gasteiger partial charge on any atom is -0.467 e. The fourth-order valence-electron chi connectivity index (χ4n) is 1.52. The lowest BCUT2D eigenvalue weighted by molar-refractivity contribution is -0.145. The van der Waals surface area contributed by atoms with E-state index in [-0.39, 0.29) is 5.97 Å². The molecular weight excluding hydrogens is 226 g/mol. The maximum Gasteiger partial charge on any atom is 0.331 e. The largest absolute Gasteiger partial charge is 0.467 e. The van der Waals surface area contributed by atoms with Gasteiger partial charge in [0.25, 0.3) is 0 Å². The van der Waals surface area contributed by atoms with Crippen LogP contribution in [0.4, 0.5) is 5.13 Å². The highest BCUT2D eigenvalue weighted by atomic mass is 32.1. The minimum absolute atomic E-state index is 0.276. The van der Waals surface area contributed by atoms with Crippen molar-refractivity contribution >= 4 is 22.6 Å². The summed E-state index contributed by atoms with van der Waals surface area (Å²) in [5.74, 6) is 0.429. The van der Waals surface area contributed by atoms with E-state index in [2.05, 4.69) is 14.7 Å². The van der Waals surface area contributed by atoms with Crippen LogP contribution in [-0.4, -0.2) is 28.0 Å². The first-order chi connectivity index (χ1) is 7.51. The number of methoxy groups -OCH3 is 1. The number of carbonyl (C=O) groups excluding carboxylic acids is 1. The number of esters is 1. The molecule has 1 heterocycles. The molecule has 1 unspecified atom stereocenters. The van der Waals surface area contributed by atoms with Gasteiger partial charge in [0.15, 0.2) is 0 Å². The molecule has 0 aliphatic heterocycles. The van der Waals surface area contributed by atoms with Crippen LogP contribution >= 0.6 is 11.5 Å². The molecule has 1 aromatic rings. The Bertz CT molecular complexity index is 367. The third kappa shape index (κ3) is 2.91. The number of aryl methyl sites for hydroxylation is 1. The molecule has 0 bridgehead atoms. The Balaban J connectivity index is 2.82. The molecule has 0 aliphatic rings. The number of nitrogens with one attached hydrogen (secondary N) is 1. The lowest BCUT2D eigenvalue weighted by atomic mass is 9.97. The fourth-order valence-corrected chi connectivity index (χ4v) is 2.23. The fraction of sp³-hybridized carbons (Fsp3) is 0.700. The molecule has 0 saturated carbocycles. The first kappa shape index (κ1) is 12.9. The molecule has 0 aliphatic carbocycles. The van der Waals surface area contributed by atoms with E-state index in [0.29, 0.717) is 17.4 Å². The number of rotatable bonds is 5. The van der Waals surface area contributed by atoms with Gasteiger partial charge in [0.2, 0.25) is 5.13 Å². The summed E-state index contributed by atoms with van der Waals surface area (Å²) in [6.45, 7) is 5.66. The normalized spacial score (nSPS) is 14.2. The smallest absolute Gasteiger partial charge is 0.331 e. The summed E-state index contributed by atoms with van der Waals surface area (Å²) < 4.78 is 8.86. The van der Waals surface area contributed by atoms with Crippen molar-refractivity contribution in [3.63, 3.8) is 0 Å². The number of anilines is 1. The zero-order valence-electron chi connectivity index (χ0n) is 10.0. The summed E-state index contributed by atoms with van der Waals surface area (Å²) >= 11 is 1.25. The van der Waals surface area contributed by atoms with Crippen molar-refractivity contribution < 1.29 is 9.53 Å². The lowest BCUT2D eigenvalue weighted by Crippen LogP contribution is -2.44. The average Bonchev–Trinajstić information content (AvgIpc) is 2.62. The quantitative estimate of drug-likeness (QED) is 0.801. The van der Waals surface area contributed by atoms with E-state index in [4.69, 9.17) is 4.74 Å². The number of nitrogens with zero attached hydrogens (tertiary/aromatic N) is 2. The number of hydrogen-bond donors (Lipinski definition) is 1. The summed E-state index contributed by atoms with van der Waals surface area (Å²) in [5, 5.41) is 3.75. The molecule has 6 heteroatoms. The van der Waals surface area contributed by atoms with Gasteiger partial charge in [0.1, 0.15) is 11.4 Å². The summed E-state index contributed by atoms with van der Waals surface area (Å²) in [4.78, 5) is 15.9. The highest BCUT2D eigenvalue weighted by molar-refractivity contribution is 7.09. The summed E-state index contributed by atoms with van der Waals surface area (Å²) in [5.41, 5.74) is -0.727. The van der Waals surface area contributed by atoms with Crippen molar-refractivity contribution in [1.29, 1.82) is 0 Å². The maximum atomic E-state index is 11.7. The van der Waals surface area contributed by atoms with E-state index in [9.17, 15) is 4.79 Å². The SMILES string of the molecule is CCCC(C)(Nc1nc(C)ns1)C(=O)OC. The molecule has 0 spiro atoms. The van der Waals surface area contributed by atoms with Gasteiger partial charge in [-0.1, -0.05) is 13.3 Å². The molecule has 0 radical (unpaired) electrons. The second-order valence-corrected chi connectivity index (χ2v) is 4.60. The van der Waals surface area contributed by atoms with Crippen LogP contribution < -0.4 is 5.32 Å². The zero-order valence-corrected chi connectivity index (χ0v) is 10.8. The first-order valence-electron chi connectivity index (χ1n) is 5.18. The van der Waals surface area contributed by atoms with Crippen molar-refractivity contribution in [2.24, 2.45) is 0 Å². The van der Waals surface area contributed by atoms with Crippen LogP contribution in [0.2, 0.25) is 0 Å². The van der Waals surface area contributed by atoms with Crippen molar-refractivity contribution in [3.8, 4) is 0 Å². The number of aromatic nitrogens is 2. The average molecular weight is 243 g/mol. The molecule has 16 heavy (non-hydrogen) atoms. The molecule has 90 valence electrons. The van der Waals surface area contributed by atoms with E-state index < -0.39 is 5.54 Å². The third-order valence-electron chi connectivity index (χ3n) is 2.30. The Morgan fingerprint density at radius 2 is 2.31 bits per heavy atom. The second-order valence-electron chi connectivity index (χ2n) is 3.85. The summed E-state index contributed by atoms with van der Waals surface area (Å²) in [7, 11) is 1.39. The summed E-state index contributed by atoms with van der Waals surface area (Å²) in [6.07, 6.45) is 1.58. The van der Waals surface area contributed by atoms with Crippen molar-refractivity contribution in [2.45, 2.75) is 39.2 Å². The van der Waals surface area contributed by atoms with Gasteiger partial charge < -0.3 is 10.1 Å². The topological polar surface area (TPSA) is 64.1 Å². The third-order valence-corrected chi connectivity index (χ3v) is 3.02. The minimum atomic E-state index is -0.727. The van der Waals surface area contributed by atoms with E-state index >= 15 is 0 Å². The molecule has 5 nitrogen and oxygen atoms in total. The van der Waals surface area contributed by atoms with Gasteiger partial charge in [0, 0.05) is 11.5 Å². The number of ether oxygens (including phenoxy) is 1. The Morgan fingerprint density at radius 1 is 1.62 bits per heavy atom. The molecule has 1 rings (SSSR count). The molecule has 1 N–H and O–H groups in total. The zero-order chi connectivity index (χ0) is 12.2. The van der Waals surface area contributed by atoms with Gasteiger partial charge in [-0.15, -0.1) is 0 Å². The molecule has 0 fully saturated rings.